The van der Waals surface area contributed by atoms with E-state index in [4.69, 9.17) is 19.6 Å². The number of nitrogens with zero attached hydrogens (tertiary/aromatic N) is 1. The fourth-order valence-corrected chi connectivity index (χ4v) is 4.82. The van der Waals surface area contributed by atoms with E-state index in [2.05, 4.69) is 33.9 Å². The Kier molecular flexibility index (Phi) is 12.1. The molecule has 0 saturated heterocycles. The summed E-state index contributed by atoms with van der Waals surface area (Å²) in [6.45, 7) is 15.4. The lowest BCUT2D eigenvalue weighted by atomic mass is 9.87. The van der Waals surface area contributed by atoms with Crippen molar-refractivity contribution in [2.24, 2.45) is 11.1 Å². The first kappa shape index (κ1) is 33.2. The molecule has 8 nitrogen and oxygen atoms in total. The van der Waals surface area contributed by atoms with Crippen LogP contribution in [0.2, 0.25) is 13.1 Å². The van der Waals surface area contributed by atoms with Gasteiger partial charge in [-0.3, -0.25) is 14.5 Å². The largest absolute Gasteiger partial charge is 0.459 e. The molecule has 0 aliphatic rings. The van der Waals surface area contributed by atoms with E-state index >= 15 is 0 Å². The SMILES string of the molecule is C[Si](C)OC(CCC(C)(C)C)c1ccccc1N(CC(=O)OC(C)(C)C)C(=O)C(N)C(=O)OCc1ccccc1. The number of hydrogen-bond acceptors (Lipinski definition) is 7. The van der Waals surface area contributed by atoms with Gasteiger partial charge < -0.3 is 19.6 Å². The van der Waals surface area contributed by atoms with Gasteiger partial charge in [-0.05, 0) is 63.8 Å². The van der Waals surface area contributed by atoms with Crippen molar-refractivity contribution in [1.29, 1.82) is 0 Å². The highest BCUT2D eigenvalue weighted by atomic mass is 28.3. The number of esters is 2. The highest BCUT2D eigenvalue weighted by Gasteiger charge is 2.34. The first-order valence-corrected chi connectivity index (χ1v) is 16.0. The second-order valence-electron chi connectivity index (χ2n) is 12.3. The normalized spacial score (nSPS) is 13.4. The molecule has 0 bridgehead atoms. The molecule has 2 unspecified atom stereocenters. The zero-order chi connectivity index (χ0) is 30.1. The number of benzene rings is 2. The summed E-state index contributed by atoms with van der Waals surface area (Å²) < 4.78 is 17.3. The molecule has 0 saturated carbocycles. The van der Waals surface area contributed by atoms with Crippen LogP contribution in [0.15, 0.2) is 54.6 Å². The van der Waals surface area contributed by atoms with Crippen molar-refractivity contribution in [3.8, 4) is 0 Å². The first-order valence-electron chi connectivity index (χ1n) is 13.6. The van der Waals surface area contributed by atoms with Gasteiger partial charge in [-0.2, -0.15) is 0 Å². The lowest BCUT2D eigenvalue weighted by molar-refractivity contribution is -0.155. The standard InChI is InChI=1S/C31H45N2O6Si/c1-30(2,3)19-18-25(39-40(7)8)23-16-12-13-17-24(23)33(20-26(34)38-31(4,5)6)28(35)27(32)29(36)37-21-22-14-10-9-11-15-22/h9-17,25,27H,18-21,32H2,1-8H3. The van der Waals surface area contributed by atoms with Gasteiger partial charge >= 0.3 is 11.9 Å². The van der Waals surface area contributed by atoms with Crippen LogP contribution < -0.4 is 10.6 Å². The second-order valence-corrected chi connectivity index (χ2v) is 14.3. The van der Waals surface area contributed by atoms with Gasteiger partial charge in [0.2, 0.25) is 9.04 Å². The highest BCUT2D eigenvalue weighted by molar-refractivity contribution is 6.48. The molecule has 2 N–H and O–H groups in total. The number of nitrogens with two attached hydrogens (primary N) is 1. The lowest BCUT2D eigenvalue weighted by Gasteiger charge is -2.31. The van der Waals surface area contributed by atoms with E-state index in [9.17, 15) is 14.4 Å². The third-order valence-corrected chi connectivity index (χ3v) is 6.58. The van der Waals surface area contributed by atoms with Crippen molar-refractivity contribution in [1.82, 2.24) is 0 Å². The van der Waals surface area contributed by atoms with Crippen LogP contribution in [0.3, 0.4) is 0 Å². The van der Waals surface area contributed by atoms with Gasteiger partial charge in [-0.25, -0.2) is 4.79 Å². The van der Waals surface area contributed by atoms with Crippen LogP contribution in [-0.2, 0) is 34.9 Å². The maximum Gasteiger partial charge on any atom is 0.333 e. The maximum absolute atomic E-state index is 13.8. The Balaban J connectivity index is 2.44. The Morgan fingerprint density at radius 2 is 1.52 bits per heavy atom. The third-order valence-electron chi connectivity index (χ3n) is 5.83. The highest BCUT2D eigenvalue weighted by Crippen LogP contribution is 2.36. The van der Waals surface area contributed by atoms with Gasteiger partial charge in [0.15, 0.2) is 6.04 Å². The van der Waals surface area contributed by atoms with Crippen molar-refractivity contribution < 1.29 is 28.3 Å². The number of carbonyl (C=O) groups excluding carboxylic acids is 3. The lowest BCUT2D eigenvalue weighted by Crippen LogP contribution is -2.51. The van der Waals surface area contributed by atoms with Gasteiger partial charge in [0.1, 0.15) is 18.8 Å². The van der Waals surface area contributed by atoms with Gasteiger partial charge in [-0.15, -0.1) is 0 Å². The number of anilines is 1. The summed E-state index contributed by atoms with van der Waals surface area (Å²) >= 11 is 0. The fourth-order valence-electron chi connectivity index (χ4n) is 4.00. The molecule has 2 aromatic rings. The number of carbonyl (C=O) groups is 3. The molecule has 0 heterocycles. The smallest absolute Gasteiger partial charge is 0.333 e. The average Bonchev–Trinajstić information content (AvgIpc) is 2.86. The molecule has 9 heteroatoms. The summed E-state index contributed by atoms with van der Waals surface area (Å²) in [5.74, 6) is -2.26. The van der Waals surface area contributed by atoms with E-state index in [1.165, 1.54) is 4.90 Å². The molecular formula is C31H45N2O6Si. The molecule has 0 fully saturated rings. The van der Waals surface area contributed by atoms with E-state index in [1.807, 2.05) is 30.3 Å². The summed E-state index contributed by atoms with van der Waals surface area (Å²) in [6, 6.07) is 14.8. The predicted molar refractivity (Wildman–Crippen MR) is 159 cm³/mol. The van der Waals surface area contributed by atoms with Crippen molar-refractivity contribution in [3.05, 3.63) is 65.7 Å². The quantitative estimate of drug-likeness (QED) is 0.202. The molecule has 2 rings (SSSR count). The molecular weight excluding hydrogens is 524 g/mol. The van der Waals surface area contributed by atoms with Crippen LogP contribution in [0.25, 0.3) is 0 Å². The second kappa shape index (κ2) is 14.6. The molecule has 0 spiro atoms. The monoisotopic (exact) mass is 569 g/mol. The molecule has 1 amide bonds. The zero-order valence-electron chi connectivity index (χ0n) is 25.2. The van der Waals surface area contributed by atoms with Crippen LogP contribution in [0, 0.1) is 5.41 Å². The number of para-hydroxylation sites is 1. The molecule has 0 aromatic heterocycles. The molecule has 0 aliphatic carbocycles. The van der Waals surface area contributed by atoms with Gasteiger partial charge in [-0.1, -0.05) is 69.3 Å². The summed E-state index contributed by atoms with van der Waals surface area (Å²) in [7, 11) is -1.11. The summed E-state index contributed by atoms with van der Waals surface area (Å²) in [4.78, 5) is 40.8. The number of ether oxygens (including phenoxy) is 2. The van der Waals surface area contributed by atoms with E-state index in [1.54, 1.807) is 45.0 Å². The summed E-state index contributed by atoms with van der Waals surface area (Å²) in [5.41, 5.74) is 7.42. The maximum atomic E-state index is 13.8. The van der Waals surface area contributed by atoms with Gasteiger partial charge in [0, 0.05) is 5.56 Å². The molecule has 2 atom stereocenters. The minimum Gasteiger partial charge on any atom is -0.459 e. The Bertz CT molecular complexity index is 1120. The van der Waals surface area contributed by atoms with E-state index in [0.717, 1.165) is 24.0 Å². The topological polar surface area (TPSA) is 108 Å². The number of amides is 1. The van der Waals surface area contributed by atoms with Crippen LogP contribution in [0.1, 0.15) is 71.6 Å². The molecule has 0 aliphatic heterocycles. The molecule has 2 aromatic carbocycles. The fraction of sp³-hybridized carbons (Fsp3) is 0.516. The molecule has 40 heavy (non-hydrogen) atoms. The van der Waals surface area contributed by atoms with Crippen molar-refractivity contribution >= 4 is 32.6 Å². The van der Waals surface area contributed by atoms with Gasteiger partial charge in [0.05, 0.1) is 11.8 Å². The Morgan fingerprint density at radius 1 is 0.925 bits per heavy atom. The van der Waals surface area contributed by atoms with Gasteiger partial charge in [0.25, 0.3) is 5.91 Å². The van der Waals surface area contributed by atoms with Crippen LogP contribution in [-0.4, -0.2) is 45.1 Å². The Labute approximate surface area is 240 Å². The van der Waals surface area contributed by atoms with Crippen LogP contribution >= 0.6 is 0 Å². The van der Waals surface area contributed by atoms with Crippen LogP contribution in [0.5, 0.6) is 0 Å². The molecule has 1 radical (unpaired) electrons. The van der Waals surface area contributed by atoms with E-state index in [-0.39, 0.29) is 18.1 Å². The predicted octanol–water partition coefficient (Wildman–Crippen LogP) is 5.57. The summed E-state index contributed by atoms with van der Waals surface area (Å²) in [5, 5.41) is 0. The molecule has 219 valence electrons. The first-order chi connectivity index (χ1) is 18.6. The summed E-state index contributed by atoms with van der Waals surface area (Å²) in [6.07, 6.45) is 1.29. The van der Waals surface area contributed by atoms with Crippen molar-refractivity contribution in [3.63, 3.8) is 0 Å². The third kappa shape index (κ3) is 11.2. The Hall–Kier alpha value is -3.01. The zero-order valence-corrected chi connectivity index (χ0v) is 26.2. The van der Waals surface area contributed by atoms with E-state index < -0.39 is 45.1 Å². The van der Waals surface area contributed by atoms with Crippen molar-refractivity contribution in [2.45, 2.75) is 91.8 Å². The number of hydrogen-bond donors (Lipinski definition) is 1. The Morgan fingerprint density at radius 3 is 2.10 bits per heavy atom. The van der Waals surface area contributed by atoms with E-state index in [0.29, 0.717) is 5.69 Å². The minimum absolute atomic E-state index is 0.0240. The minimum atomic E-state index is -1.63. The van der Waals surface area contributed by atoms with Crippen LogP contribution in [0.4, 0.5) is 5.69 Å². The van der Waals surface area contributed by atoms with Crippen molar-refractivity contribution in [2.75, 3.05) is 11.4 Å². The average molecular weight is 570 g/mol. The number of rotatable bonds is 12.